The number of nitrogens with zero attached hydrogens (tertiary/aromatic N) is 3. The number of hydrogen-bond donors (Lipinski definition) is 1. The highest BCUT2D eigenvalue weighted by Crippen LogP contribution is 2.29. The molecule has 1 fully saturated rings. The normalized spacial score (nSPS) is 13.6. The summed E-state index contributed by atoms with van der Waals surface area (Å²) in [6, 6.07) is 17.7. The van der Waals surface area contributed by atoms with Crippen molar-refractivity contribution < 1.29 is 9.21 Å². The van der Waals surface area contributed by atoms with Crippen LogP contribution in [0.3, 0.4) is 0 Å². The number of aromatic nitrogens is 2. The second-order valence-electron chi connectivity index (χ2n) is 7.88. The number of carbonyl (C=O) groups is 1. The maximum absolute atomic E-state index is 12.7. The molecule has 0 aliphatic carbocycles. The van der Waals surface area contributed by atoms with E-state index in [1.807, 2.05) is 49.4 Å². The fourth-order valence-corrected chi connectivity index (χ4v) is 4.77. The molecule has 3 heterocycles. The molecule has 1 saturated heterocycles. The molecule has 0 bridgehead atoms. The van der Waals surface area contributed by atoms with Crippen molar-refractivity contribution in [2.24, 2.45) is 0 Å². The minimum absolute atomic E-state index is 0.0609. The van der Waals surface area contributed by atoms with Gasteiger partial charge in [0.15, 0.2) is 11.6 Å². The maximum Gasteiger partial charge on any atom is 0.234 e. The molecule has 0 saturated carbocycles. The Morgan fingerprint density at radius 3 is 2.72 bits per heavy atom. The number of thioether (sulfide) groups is 1. The third-order valence-electron chi connectivity index (χ3n) is 5.61. The summed E-state index contributed by atoms with van der Waals surface area (Å²) in [5.41, 5.74) is 3.97. The van der Waals surface area contributed by atoms with Gasteiger partial charge in [-0.1, -0.05) is 30.0 Å². The van der Waals surface area contributed by atoms with Crippen LogP contribution in [0.15, 0.2) is 70.3 Å². The van der Waals surface area contributed by atoms with Crippen LogP contribution in [0.2, 0.25) is 0 Å². The molecule has 6 nitrogen and oxygen atoms in total. The van der Waals surface area contributed by atoms with E-state index in [1.165, 1.54) is 30.3 Å². The van der Waals surface area contributed by atoms with E-state index in [4.69, 9.17) is 4.42 Å². The van der Waals surface area contributed by atoms with Crippen molar-refractivity contribution in [1.82, 2.24) is 9.97 Å². The summed E-state index contributed by atoms with van der Waals surface area (Å²) in [6.45, 7) is 4.25. The number of para-hydroxylation sites is 1. The highest BCUT2D eigenvalue weighted by atomic mass is 32.2. The van der Waals surface area contributed by atoms with E-state index in [0.29, 0.717) is 11.6 Å². The predicted octanol–water partition coefficient (Wildman–Crippen LogP) is 5.53. The quantitative estimate of drug-likeness (QED) is 0.311. The first kappa shape index (κ1) is 20.6. The van der Waals surface area contributed by atoms with Crippen LogP contribution in [0.25, 0.3) is 22.5 Å². The second-order valence-corrected chi connectivity index (χ2v) is 8.84. The minimum atomic E-state index is -0.0609. The van der Waals surface area contributed by atoms with Gasteiger partial charge in [0.25, 0.3) is 0 Å². The second kappa shape index (κ2) is 9.04. The monoisotopic (exact) mass is 444 g/mol. The van der Waals surface area contributed by atoms with Gasteiger partial charge in [0.1, 0.15) is 5.03 Å². The highest BCUT2D eigenvalue weighted by Gasteiger charge is 2.15. The molecule has 1 N–H and O–H groups in total. The molecule has 1 aliphatic rings. The van der Waals surface area contributed by atoms with Gasteiger partial charge in [-0.2, -0.15) is 0 Å². The van der Waals surface area contributed by atoms with Crippen molar-refractivity contribution in [2.45, 2.75) is 24.8 Å². The summed E-state index contributed by atoms with van der Waals surface area (Å²) in [5.74, 6) is 1.32. The number of fused-ring (bicyclic) bond motifs is 1. The molecular weight excluding hydrogens is 420 g/mol. The van der Waals surface area contributed by atoms with E-state index in [2.05, 4.69) is 32.3 Å². The van der Waals surface area contributed by atoms with Gasteiger partial charge in [-0.05, 0) is 61.7 Å². The molecule has 1 aliphatic heterocycles. The van der Waals surface area contributed by atoms with Crippen LogP contribution in [0.4, 0.5) is 11.4 Å². The Morgan fingerprint density at radius 2 is 1.94 bits per heavy atom. The number of anilines is 2. The molecule has 0 atom stereocenters. The van der Waals surface area contributed by atoms with Crippen molar-refractivity contribution in [3.63, 3.8) is 0 Å². The summed E-state index contributed by atoms with van der Waals surface area (Å²) < 4.78 is 5.47. The Morgan fingerprint density at radius 1 is 1.09 bits per heavy atom. The first-order valence-corrected chi connectivity index (χ1v) is 11.7. The van der Waals surface area contributed by atoms with E-state index in [9.17, 15) is 4.79 Å². The van der Waals surface area contributed by atoms with E-state index < -0.39 is 0 Å². The van der Waals surface area contributed by atoms with Crippen LogP contribution in [0.5, 0.6) is 0 Å². The minimum Gasteiger partial charge on any atom is -0.461 e. The first-order chi connectivity index (χ1) is 15.7. The number of rotatable bonds is 6. The number of benzene rings is 2. The number of furan rings is 1. The molecule has 7 heteroatoms. The zero-order valence-corrected chi connectivity index (χ0v) is 18.7. The lowest BCUT2D eigenvalue weighted by molar-refractivity contribution is -0.113. The first-order valence-electron chi connectivity index (χ1n) is 10.8. The van der Waals surface area contributed by atoms with Gasteiger partial charge in [0, 0.05) is 29.9 Å². The van der Waals surface area contributed by atoms with E-state index in [-0.39, 0.29) is 11.7 Å². The summed E-state index contributed by atoms with van der Waals surface area (Å²) in [5, 5.41) is 4.73. The molecule has 32 heavy (non-hydrogen) atoms. The van der Waals surface area contributed by atoms with Gasteiger partial charge in [-0.3, -0.25) is 4.79 Å². The SMILES string of the molecule is Cc1cc(N2CCCC2)ccc1NC(=O)CSc1nc(-c2ccco2)nc2ccccc12. The van der Waals surface area contributed by atoms with Gasteiger partial charge in [0.05, 0.1) is 17.5 Å². The van der Waals surface area contributed by atoms with Crippen molar-refractivity contribution in [2.75, 3.05) is 29.1 Å². The van der Waals surface area contributed by atoms with Gasteiger partial charge >= 0.3 is 0 Å². The van der Waals surface area contributed by atoms with Gasteiger partial charge < -0.3 is 14.6 Å². The third-order valence-corrected chi connectivity index (χ3v) is 6.60. The molecule has 2 aromatic carbocycles. The molecular formula is C25H24N4O2S. The lowest BCUT2D eigenvalue weighted by Crippen LogP contribution is -2.18. The molecule has 162 valence electrons. The zero-order chi connectivity index (χ0) is 21.9. The Balaban J connectivity index is 1.31. The molecule has 4 aromatic rings. The molecule has 1 amide bonds. The van der Waals surface area contributed by atoms with E-state index >= 15 is 0 Å². The van der Waals surface area contributed by atoms with Crippen LogP contribution < -0.4 is 10.2 Å². The fourth-order valence-electron chi connectivity index (χ4n) is 3.95. The van der Waals surface area contributed by atoms with Crippen LogP contribution in [-0.2, 0) is 4.79 Å². The molecule has 0 radical (unpaired) electrons. The number of aryl methyl sites for hydroxylation is 1. The molecule has 5 rings (SSSR count). The smallest absolute Gasteiger partial charge is 0.234 e. The van der Waals surface area contributed by atoms with Crippen molar-refractivity contribution >= 4 is 39.9 Å². The molecule has 2 aromatic heterocycles. The van der Waals surface area contributed by atoms with Crippen molar-refractivity contribution in [3.05, 3.63) is 66.4 Å². The van der Waals surface area contributed by atoms with E-state index in [0.717, 1.165) is 40.3 Å². The van der Waals surface area contributed by atoms with Crippen molar-refractivity contribution in [3.8, 4) is 11.6 Å². The average Bonchev–Trinajstić information content (AvgIpc) is 3.53. The van der Waals surface area contributed by atoms with Crippen LogP contribution >= 0.6 is 11.8 Å². The topological polar surface area (TPSA) is 71.3 Å². The van der Waals surface area contributed by atoms with Gasteiger partial charge in [-0.25, -0.2) is 9.97 Å². The maximum atomic E-state index is 12.7. The number of hydrogen-bond acceptors (Lipinski definition) is 6. The lowest BCUT2D eigenvalue weighted by atomic mass is 10.1. The van der Waals surface area contributed by atoms with Crippen LogP contribution in [0, 0.1) is 6.92 Å². The Bertz CT molecular complexity index is 1250. The Kier molecular flexibility index (Phi) is 5.81. The largest absolute Gasteiger partial charge is 0.461 e. The Hall–Kier alpha value is -3.32. The summed E-state index contributed by atoms with van der Waals surface area (Å²) >= 11 is 1.41. The zero-order valence-electron chi connectivity index (χ0n) is 17.9. The Labute approximate surface area is 191 Å². The van der Waals surface area contributed by atoms with E-state index in [1.54, 1.807) is 6.26 Å². The summed E-state index contributed by atoms with van der Waals surface area (Å²) in [6.07, 6.45) is 4.09. The average molecular weight is 445 g/mol. The summed E-state index contributed by atoms with van der Waals surface area (Å²) in [7, 11) is 0. The van der Waals surface area contributed by atoms with Crippen molar-refractivity contribution in [1.29, 1.82) is 0 Å². The fraction of sp³-hybridized carbons (Fsp3) is 0.240. The summed E-state index contributed by atoms with van der Waals surface area (Å²) in [4.78, 5) is 24.4. The number of nitrogens with one attached hydrogen (secondary N) is 1. The highest BCUT2D eigenvalue weighted by molar-refractivity contribution is 8.00. The number of carbonyl (C=O) groups excluding carboxylic acids is 1. The van der Waals surface area contributed by atoms with Gasteiger partial charge in [-0.15, -0.1) is 0 Å². The van der Waals surface area contributed by atoms with Gasteiger partial charge in [0.2, 0.25) is 5.91 Å². The third kappa shape index (κ3) is 4.34. The molecule has 0 unspecified atom stereocenters. The van der Waals surface area contributed by atoms with Crippen LogP contribution in [-0.4, -0.2) is 34.7 Å². The lowest BCUT2D eigenvalue weighted by Gasteiger charge is -2.19. The van der Waals surface area contributed by atoms with Crippen LogP contribution in [0.1, 0.15) is 18.4 Å². The standard InChI is InChI=1S/C25H24N4O2S/c1-17-15-18(29-12-4-5-13-29)10-11-20(17)26-23(30)16-32-25-19-7-2-3-8-21(19)27-24(28-25)22-9-6-14-31-22/h2-3,6-11,14-15H,4-5,12-13,16H2,1H3,(H,26,30). The number of amides is 1. The molecule has 0 spiro atoms. The predicted molar refractivity (Wildman–Crippen MR) is 129 cm³/mol.